The molecule has 0 saturated heterocycles. The Morgan fingerprint density at radius 1 is 1.05 bits per heavy atom. The first kappa shape index (κ1) is 14.9. The molecule has 1 amide bonds. The number of para-hydroxylation sites is 1. The summed E-state index contributed by atoms with van der Waals surface area (Å²) in [6.07, 6.45) is -4.44. The molecule has 0 aliphatic rings. The lowest BCUT2D eigenvalue weighted by molar-refractivity contribution is -0.137. The molecule has 2 rings (SSSR count). The van der Waals surface area contributed by atoms with Gasteiger partial charge < -0.3 is 10.1 Å². The van der Waals surface area contributed by atoms with Crippen molar-refractivity contribution in [2.24, 2.45) is 0 Å². The maximum absolute atomic E-state index is 12.5. The Bertz CT molecular complexity index is 612. The number of nitrogens with one attached hydrogen (secondary N) is 1. The highest BCUT2D eigenvalue weighted by atomic mass is 19.4. The van der Waals surface area contributed by atoms with Crippen LogP contribution >= 0.6 is 0 Å². The molecule has 110 valence electrons. The predicted molar refractivity (Wildman–Crippen MR) is 72.0 cm³/mol. The van der Waals surface area contributed by atoms with Crippen LogP contribution in [0, 0.1) is 0 Å². The van der Waals surface area contributed by atoms with Crippen molar-refractivity contribution >= 4 is 11.6 Å². The van der Waals surface area contributed by atoms with Crippen molar-refractivity contribution in [3.63, 3.8) is 0 Å². The summed E-state index contributed by atoms with van der Waals surface area (Å²) >= 11 is 0. The maximum Gasteiger partial charge on any atom is 0.416 e. The van der Waals surface area contributed by atoms with Crippen LogP contribution in [-0.2, 0) is 11.0 Å². The molecule has 0 bridgehead atoms. The topological polar surface area (TPSA) is 38.3 Å². The van der Waals surface area contributed by atoms with Gasteiger partial charge in [0.15, 0.2) is 6.61 Å². The molecule has 6 heteroatoms. The first-order valence-corrected chi connectivity index (χ1v) is 6.10. The molecule has 0 saturated carbocycles. The molecular weight excluding hydrogens is 283 g/mol. The smallest absolute Gasteiger partial charge is 0.416 e. The molecule has 0 radical (unpaired) electrons. The summed E-state index contributed by atoms with van der Waals surface area (Å²) in [5.41, 5.74) is -0.224. The van der Waals surface area contributed by atoms with Crippen LogP contribution in [0.1, 0.15) is 5.56 Å². The normalized spacial score (nSPS) is 11.0. The number of carbonyl (C=O) groups excluding carboxylic acids is 1. The van der Waals surface area contributed by atoms with Crippen LogP contribution in [0.5, 0.6) is 5.75 Å². The summed E-state index contributed by atoms with van der Waals surface area (Å²) in [4.78, 5) is 11.6. The molecule has 0 spiro atoms. The van der Waals surface area contributed by atoms with Crippen molar-refractivity contribution in [3.8, 4) is 5.75 Å². The highest BCUT2D eigenvalue weighted by Crippen LogP contribution is 2.31. The van der Waals surface area contributed by atoms with E-state index in [9.17, 15) is 18.0 Å². The van der Waals surface area contributed by atoms with Gasteiger partial charge in [0.2, 0.25) is 0 Å². The van der Waals surface area contributed by atoms with E-state index in [-0.39, 0.29) is 12.4 Å². The van der Waals surface area contributed by atoms with Crippen molar-refractivity contribution < 1.29 is 22.7 Å². The van der Waals surface area contributed by atoms with Crippen molar-refractivity contribution in [2.75, 3.05) is 11.9 Å². The van der Waals surface area contributed by atoms with Crippen molar-refractivity contribution in [1.82, 2.24) is 0 Å². The van der Waals surface area contributed by atoms with E-state index in [1.54, 1.807) is 30.3 Å². The zero-order valence-electron chi connectivity index (χ0n) is 10.9. The first-order valence-electron chi connectivity index (χ1n) is 6.10. The third kappa shape index (κ3) is 4.52. The second-order valence-electron chi connectivity index (χ2n) is 4.23. The van der Waals surface area contributed by atoms with E-state index in [4.69, 9.17) is 4.74 Å². The number of rotatable bonds is 4. The number of carbonyl (C=O) groups is 1. The zero-order chi connectivity index (χ0) is 15.3. The summed E-state index contributed by atoms with van der Waals surface area (Å²) in [5, 5.41) is 2.57. The van der Waals surface area contributed by atoms with Crippen molar-refractivity contribution in [3.05, 3.63) is 60.2 Å². The van der Waals surface area contributed by atoms with Gasteiger partial charge in [-0.05, 0) is 30.3 Å². The summed E-state index contributed by atoms with van der Waals surface area (Å²) in [5.74, 6) is -0.452. The maximum atomic E-state index is 12.5. The average molecular weight is 295 g/mol. The van der Waals surface area contributed by atoms with Crippen LogP contribution in [0.4, 0.5) is 18.9 Å². The lowest BCUT2D eigenvalue weighted by Gasteiger charge is -2.10. The van der Waals surface area contributed by atoms with Crippen LogP contribution in [0.3, 0.4) is 0 Å². The quantitative estimate of drug-likeness (QED) is 0.933. The molecule has 0 unspecified atom stereocenters. The van der Waals surface area contributed by atoms with Gasteiger partial charge in [-0.25, -0.2) is 0 Å². The Hall–Kier alpha value is -2.50. The second-order valence-corrected chi connectivity index (χ2v) is 4.23. The molecule has 3 nitrogen and oxygen atoms in total. The summed E-state index contributed by atoms with van der Waals surface area (Å²) in [6.45, 7) is -0.365. The van der Waals surface area contributed by atoms with Crippen LogP contribution in [0.2, 0.25) is 0 Å². The van der Waals surface area contributed by atoms with E-state index in [1.807, 2.05) is 0 Å². The Balaban J connectivity index is 1.92. The molecule has 2 aromatic carbocycles. The van der Waals surface area contributed by atoms with E-state index >= 15 is 0 Å². The number of benzene rings is 2. The number of anilines is 1. The van der Waals surface area contributed by atoms with Gasteiger partial charge in [0, 0.05) is 5.69 Å². The fraction of sp³-hybridized carbons (Fsp3) is 0.133. The van der Waals surface area contributed by atoms with Gasteiger partial charge in [-0.1, -0.05) is 24.3 Å². The minimum Gasteiger partial charge on any atom is -0.484 e. The van der Waals surface area contributed by atoms with Gasteiger partial charge in [-0.3, -0.25) is 4.79 Å². The minimum absolute atomic E-state index is 0.00645. The van der Waals surface area contributed by atoms with E-state index in [0.717, 1.165) is 12.1 Å². The number of amides is 1. The predicted octanol–water partition coefficient (Wildman–Crippen LogP) is 3.72. The van der Waals surface area contributed by atoms with E-state index in [2.05, 4.69) is 5.32 Å². The summed E-state index contributed by atoms with van der Waals surface area (Å²) in [6, 6.07) is 13.1. The molecule has 21 heavy (non-hydrogen) atoms. The van der Waals surface area contributed by atoms with Gasteiger partial charge in [-0.2, -0.15) is 13.2 Å². The highest BCUT2D eigenvalue weighted by molar-refractivity contribution is 5.91. The lowest BCUT2D eigenvalue weighted by Crippen LogP contribution is -2.20. The Morgan fingerprint density at radius 2 is 1.76 bits per heavy atom. The fourth-order valence-electron chi connectivity index (χ4n) is 1.63. The molecule has 1 N–H and O–H groups in total. The summed E-state index contributed by atoms with van der Waals surface area (Å²) < 4.78 is 42.6. The molecule has 0 fully saturated rings. The largest absolute Gasteiger partial charge is 0.484 e. The van der Waals surface area contributed by atoms with Crippen LogP contribution in [-0.4, -0.2) is 12.5 Å². The van der Waals surface area contributed by atoms with E-state index in [1.165, 1.54) is 12.1 Å². The van der Waals surface area contributed by atoms with E-state index < -0.39 is 17.6 Å². The van der Waals surface area contributed by atoms with Crippen LogP contribution < -0.4 is 10.1 Å². The molecule has 2 aromatic rings. The number of ether oxygens (including phenoxy) is 1. The Kier molecular flexibility index (Phi) is 4.47. The molecular formula is C15H12F3NO2. The minimum atomic E-state index is -4.44. The molecule has 0 aromatic heterocycles. The summed E-state index contributed by atoms with van der Waals surface area (Å²) in [7, 11) is 0. The van der Waals surface area contributed by atoms with Gasteiger partial charge in [0.05, 0.1) is 5.56 Å². The molecule has 0 aliphatic carbocycles. The van der Waals surface area contributed by atoms with Gasteiger partial charge in [0.1, 0.15) is 5.75 Å². The SMILES string of the molecule is O=C(COc1cccc(C(F)(F)F)c1)Nc1ccccc1. The standard InChI is InChI=1S/C15H12F3NO2/c16-15(17,18)11-5-4-8-13(9-11)21-10-14(20)19-12-6-2-1-3-7-12/h1-9H,10H2,(H,19,20). The third-order valence-electron chi connectivity index (χ3n) is 2.59. The Morgan fingerprint density at radius 3 is 2.43 bits per heavy atom. The zero-order valence-corrected chi connectivity index (χ0v) is 10.9. The second kappa shape index (κ2) is 6.30. The third-order valence-corrected chi connectivity index (χ3v) is 2.59. The molecule has 0 aliphatic heterocycles. The number of hydrogen-bond donors (Lipinski definition) is 1. The fourth-order valence-corrected chi connectivity index (χ4v) is 1.63. The number of alkyl halides is 3. The van der Waals surface area contributed by atoms with Gasteiger partial charge >= 0.3 is 6.18 Å². The monoisotopic (exact) mass is 295 g/mol. The lowest BCUT2D eigenvalue weighted by atomic mass is 10.2. The first-order chi connectivity index (χ1) is 9.95. The van der Waals surface area contributed by atoms with Crippen LogP contribution in [0.25, 0.3) is 0 Å². The Labute approximate surface area is 119 Å². The van der Waals surface area contributed by atoms with Crippen LogP contribution in [0.15, 0.2) is 54.6 Å². The van der Waals surface area contributed by atoms with Crippen molar-refractivity contribution in [1.29, 1.82) is 0 Å². The number of hydrogen-bond acceptors (Lipinski definition) is 2. The molecule has 0 atom stereocenters. The van der Waals surface area contributed by atoms with Gasteiger partial charge in [-0.15, -0.1) is 0 Å². The highest BCUT2D eigenvalue weighted by Gasteiger charge is 2.30. The average Bonchev–Trinajstić information content (AvgIpc) is 2.46. The number of halogens is 3. The van der Waals surface area contributed by atoms with E-state index in [0.29, 0.717) is 5.69 Å². The molecule has 0 heterocycles. The van der Waals surface area contributed by atoms with Gasteiger partial charge in [0.25, 0.3) is 5.91 Å². The van der Waals surface area contributed by atoms with Crippen molar-refractivity contribution in [2.45, 2.75) is 6.18 Å².